The maximum absolute atomic E-state index is 13.0. The summed E-state index contributed by atoms with van der Waals surface area (Å²) in [6, 6.07) is 5.40. The molecule has 1 aromatic carbocycles. The number of rotatable bonds is 6. The van der Waals surface area contributed by atoms with E-state index in [9.17, 15) is 4.79 Å². The van der Waals surface area contributed by atoms with Gasteiger partial charge in [-0.15, -0.1) is 0 Å². The second-order valence-electron chi connectivity index (χ2n) is 5.35. The zero-order valence-electron chi connectivity index (χ0n) is 12.5. The van der Waals surface area contributed by atoms with Crippen LogP contribution in [-0.2, 0) is 0 Å². The Balaban J connectivity index is 2.40. The van der Waals surface area contributed by atoms with Gasteiger partial charge in [-0.25, -0.2) is 0 Å². The molecule has 0 aromatic heterocycles. The van der Waals surface area contributed by atoms with Crippen molar-refractivity contribution in [2.24, 2.45) is 5.41 Å². The third-order valence-electron chi connectivity index (χ3n) is 4.11. The van der Waals surface area contributed by atoms with Crippen molar-refractivity contribution in [2.45, 2.75) is 26.2 Å². The summed E-state index contributed by atoms with van der Waals surface area (Å²) in [6.07, 6.45) is 2.79. The lowest BCUT2D eigenvalue weighted by Gasteiger charge is -2.27. The van der Waals surface area contributed by atoms with Gasteiger partial charge in [-0.2, -0.15) is 0 Å². The molecule has 1 unspecified atom stereocenters. The first-order chi connectivity index (χ1) is 9.66. The van der Waals surface area contributed by atoms with Crippen LogP contribution < -0.4 is 14.8 Å². The minimum atomic E-state index is -0.297. The molecule has 4 nitrogen and oxygen atoms in total. The van der Waals surface area contributed by atoms with Gasteiger partial charge in [-0.05, 0) is 37.6 Å². The number of benzene rings is 1. The number of carbonyl (C=O) groups is 1. The summed E-state index contributed by atoms with van der Waals surface area (Å²) in [5, 5.41) is 3.32. The first-order valence-corrected chi connectivity index (χ1v) is 7.14. The largest absolute Gasteiger partial charge is 0.497 e. The van der Waals surface area contributed by atoms with Crippen LogP contribution in [-0.4, -0.2) is 33.1 Å². The Morgan fingerprint density at radius 3 is 2.70 bits per heavy atom. The van der Waals surface area contributed by atoms with Crippen molar-refractivity contribution in [3.8, 4) is 11.5 Å². The molecule has 0 radical (unpaired) electrons. The molecule has 1 N–H and O–H groups in total. The van der Waals surface area contributed by atoms with Crippen LogP contribution in [0, 0.1) is 5.41 Å². The second kappa shape index (κ2) is 6.27. The molecular formula is C16H23NO3. The molecule has 1 aliphatic heterocycles. The van der Waals surface area contributed by atoms with Crippen molar-refractivity contribution in [3.05, 3.63) is 23.8 Å². The van der Waals surface area contributed by atoms with E-state index in [0.29, 0.717) is 17.1 Å². The van der Waals surface area contributed by atoms with Gasteiger partial charge in [0.15, 0.2) is 5.78 Å². The molecule has 110 valence electrons. The minimum absolute atomic E-state index is 0.167. The van der Waals surface area contributed by atoms with Crippen molar-refractivity contribution in [1.82, 2.24) is 5.32 Å². The van der Waals surface area contributed by atoms with Gasteiger partial charge in [-0.1, -0.05) is 13.3 Å². The average Bonchev–Trinajstić information content (AvgIpc) is 2.96. The van der Waals surface area contributed by atoms with Gasteiger partial charge in [0.2, 0.25) is 0 Å². The van der Waals surface area contributed by atoms with Crippen molar-refractivity contribution in [1.29, 1.82) is 0 Å². The van der Waals surface area contributed by atoms with Gasteiger partial charge in [-0.3, -0.25) is 4.79 Å². The summed E-state index contributed by atoms with van der Waals surface area (Å²) in [6.45, 7) is 3.77. The van der Waals surface area contributed by atoms with E-state index < -0.39 is 0 Å². The van der Waals surface area contributed by atoms with Crippen LogP contribution in [0.3, 0.4) is 0 Å². The summed E-state index contributed by atoms with van der Waals surface area (Å²) < 4.78 is 10.6. The zero-order chi connectivity index (χ0) is 14.6. The van der Waals surface area contributed by atoms with Gasteiger partial charge in [0, 0.05) is 12.0 Å². The molecule has 0 aliphatic carbocycles. The molecule has 2 rings (SSSR count). The number of Topliss-reactive ketones (excluding diaryl/α,β-unsaturated/α-hetero) is 1. The summed E-state index contributed by atoms with van der Waals surface area (Å²) in [5.41, 5.74) is 0.331. The molecule has 1 saturated heterocycles. The fourth-order valence-corrected chi connectivity index (χ4v) is 3.02. The van der Waals surface area contributed by atoms with E-state index in [4.69, 9.17) is 9.47 Å². The number of hydrogen-bond donors (Lipinski definition) is 1. The number of ether oxygens (including phenoxy) is 2. The highest BCUT2D eigenvalue weighted by molar-refractivity contribution is 6.03. The Hall–Kier alpha value is -1.55. The highest BCUT2D eigenvalue weighted by Gasteiger charge is 2.41. The fourth-order valence-electron chi connectivity index (χ4n) is 3.02. The summed E-state index contributed by atoms with van der Waals surface area (Å²) in [4.78, 5) is 13.0. The number of ketones is 1. The van der Waals surface area contributed by atoms with E-state index in [-0.39, 0.29) is 11.2 Å². The van der Waals surface area contributed by atoms with Crippen LogP contribution in [0.4, 0.5) is 0 Å². The molecule has 0 spiro atoms. The molecule has 1 fully saturated rings. The van der Waals surface area contributed by atoms with Gasteiger partial charge >= 0.3 is 0 Å². The third-order valence-corrected chi connectivity index (χ3v) is 4.11. The van der Waals surface area contributed by atoms with Crippen LogP contribution in [0.25, 0.3) is 0 Å². The van der Waals surface area contributed by atoms with Crippen molar-refractivity contribution in [3.63, 3.8) is 0 Å². The van der Waals surface area contributed by atoms with Crippen LogP contribution in [0.5, 0.6) is 11.5 Å². The molecule has 0 amide bonds. The number of nitrogens with one attached hydrogen (secondary N) is 1. The van der Waals surface area contributed by atoms with Crippen LogP contribution in [0.15, 0.2) is 18.2 Å². The Labute approximate surface area is 120 Å². The molecular weight excluding hydrogens is 254 g/mol. The van der Waals surface area contributed by atoms with Gasteiger partial charge in [0.25, 0.3) is 0 Å². The van der Waals surface area contributed by atoms with Crippen LogP contribution >= 0.6 is 0 Å². The van der Waals surface area contributed by atoms with E-state index in [1.807, 2.05) is 6.07 Å². The van der Waals surface area contributed by atoms with E-state index in [0.717, 1.165) is 32.4 Å². The topological polar surface area (TPSA) is 47.6 Å². The molecule has 1 heterocycles. The summed E-state index contributed by atoms with van der Waals surface area (Å²) in [7, 11) is 3.20. The van der Waals surface area contributed by atoms with E-state index in [1.54, 1.807) is 26.4 Å². The number of carbonyl (C=O) groups excluding carboxylic acids is 1. The second-order valence-corrected chi connectivity index (χ2v) is 5.35. The highest BCUT2D eigenvalue weighted by atomic mass is 16.5. The Kier molecular flexibility index (Phi) is 4.65. The number of hydrogen-bond acceptors (Lipinski definition) is 4. The van der Waals surface area contributed by atoms with Gasteiger partial charge in [0.05, 0.1) is 19.8 Å². The Bertz CT molecular complexity index is 479. The molecule has 0 saturated carbocycles. The predicted octanol–water partition coefficient (Wildman–Crippen LogP) is 2.67. The SMILES string of the molecule is CCCC1(C(=O)c2cc(OC)ccc2OC)CCNC1. The van der Waals surface area contributed by atoms with Gasteiger partial charge in [0.1, 0.15) is 11.5 Å². The minimum Gasteiger partial charge on any atom is -0.497 e. The lowest BCUT2D eigenvalue weighted by atomic mass is 9.76. The molecule has 1 atom stereocenters. The highest BCUT2D eigenvalue weighted by Crippen LogP contribution is 2.38. The first-order valence-electron chi connectivity index (χ1n) is 7.14. The monoisotopic (exact) mass is 277 g/mol. The van der Waals surface area contributed by atoms with E-state index >= 15 is 0 Å². The van der Waals surface area contributed by atoms with Crippen molar-refractivity contribution < 1.29 is 14.3 Å². The molecule has 1 aromatic rings. The molecule has 0 bridgehead atoms. The fraction of sp³-hybridized carbons (Fsp3) is 0.562. The maximum Gasteiger partial charge on any atom is 0.174 e. The number of methoxy groups -OCH3 is 2. The summed E-state index contributed by atoms with van der Waals surface area (Å²) >= 11 is 0. The van der Waals surface area contributed by atoms with E-state index in [2.05, 4.69) is 12.2 Å². The standard InChI is InChI=1S/C16H23NO3/c1-4-7-16(8-9-17-11-16)15(18)13-10-12(19-2)5-6-14(13)20-3/h5-6,10,17H,4,7-9,11H2,1-3H3. The zero-order valence-corrected chi connectivity index (χ0v) is 12.5. The third kappa shape index (κ3) is 2.66. The Morgan fingerprint density at radius 1 is 1.35 bits per heavy atom. The van der Waals surface area contributed by atoms with Crippen LogP contribution in [0.1, 0.15) is 36.5 Å². The predicted molar refractivity (Wildman–Crippen MR) is 78.7 cm³/mol. The lowest BCUT2D eigenvalue weighted by molar-refractivity contribution is 0.0798. The Morgan fingerprint density at radius 2 is 2.15 bits per heavy atom. The van der Waals surface area contributed by atoms with E-state index in [1.165, 1.54) is 0 Å². The molecule has 4 heteroatoms. The smallest absolute Gasteiger partial charge is 0.174 e. The average molecular weight is 277 g/mol. The van der Waals surface area contributed by atoms with Gasteiger partial charge < -0.3 is 14.8 Å². The quantitative estimate of drug-likeness (QED) is 0.812. The van der Waals surface area contributed by atoms with Crippen molar-refractivity contribution in [2.75, 3.05) is 27.3 Å². The van der Waals surface area contributed by atoms with Crippen molar-refractivity contribution >= 4 is 5.78 Å². The van der Waals surface area contributed by atoms with Crippen LogP contribution in [0.2, 0.25) is 0 Å². The molecule has 20 heavy (non-hydrogen) atoms. The summed E-state index contributed by atoms with van der Waals surface area (Å²) in [5.74, 6) is 1.48. The lowest BCUT2D eigenvalue weighted by Crippen LogP contribution is -2.33. The molecule has 1 aliphatic rings. The first kappa shape index (κ1) is 14.9. The maximum atomic E-state index is 13.0. The normalized spacial score (nSPS) is 21.8.